The molecule has 0 aromatic carbocycles. The van der Waals surface area contributed by atoms with Gasteiger partial charge in [-0.05, 0) is 32.4 Å². The first-order valence-electron chi connectivity index (χ1n) is 6.14. The summed E-state index contributed by atoms with van der Waals surface area (Å²) in [5.74, 6) is -0.0346. The number of nitrogens with one attached hydrogen (secondary N) is 1. The van der Waals surface area contributed by atoms with Gasteiger partial charge in [-0.25, -0.2) is 0 Å². The molecule has 0 radical (unpaired) electrons. The Labute approximate surface area is 120 Å². The highest BCUT2D eigenvalue weighted by molar-refractivity contribution is 7.11. The van der Waals surface area contributed by atoms with Crippen molar-refractivity contribution < 1.29 is 4.79 Å². The zero-order valence-corrected chi connectivity index (χ0v) is 12.9. The molecule has 0 aliphatic rings. The average molecular weight is 291 g/mol. The van der Waals surface area contributed by atoms with Crippen LogP contribution in [-0.4, -0.2) is 18.0 Å². The molecule has 0 aliphatic carbocycles. The van der Waals surface area contributed by atoms with Crippen molar-refractivity contribution >= 4 is 29.7 Å². The lowest BCUT2D eigenvalue weighted by Crippen LogP contribution is -2.44. The highest BCUT2D eigenvalue weighted by Gasteiger charge is 2.15. The predicted molar refractivity (Wildman–Crippen MR) is 80.5 cm³/mol. The van der Waals surface area contributed by atoms with Crippen LogP contribution in [0.4, 0.5) is 0 Å². The average Bonchev–Trinajstić information content (AvgIpc) is 2.64. The molecule has 0 aliphatic heterocycles. The van der Waals surface area contributed by atoms with Gasteiger partial charge in [0.05, 0.1) is 6.04 Å². The predicted octanol–water partition coefficient (Wildman–Crippen LogP) is 2.65. The SMILES string of the molecule is CCCC(N)C(=O)NC(C)Cc1ccc(C)s1.Cl. The third-order valence-electron chi connectivity index (χ3n) is 2.63. The molecule has 0 saturated heterocycles. The largest absolute Gasteiger partial charge is 0.352 e. The fraction of sp³-hybridized carbons (Fsp3) is 0.615. The van der Waals surface area contributed by atoms with Crippen LogP contribution in [-0.2, 0) is 11.2 Å². The summed E-state index contributed by atoms with van der Waals surface area (Å²) in [6.45, 7) is 6.14. The number of halogens is 1. The summed E-state index contributed by atoms with van der Waals surface area (Å²) in [5.41, 5.74) is 5.76. The molecule has 104 valence electrons. The summed E-state index contributed by atoms with van der Waals surface area (Å²) in [6.07, 6.45) is 2.56. The summed E-state index contributed by atoms with van der Waals surface area (Å²) >= 11 is 1.78. The van der Waals surface area contributed by atoms with Gasteiger partial charge >= 0.3 is 0 Å². The van der Waals surface area contributed by atoms with Crippen LogP contribution in [0.15, 0.2) is 12.1 Å². The van der Waals surface area contributed by atoms with Crippen molar-refractivity contribution in [3.8, 4) is 0 Å². The van der Waals surface area contributed by atoms with E-state index in [0.29, 0.717) is 0 Å². The topological polar surface area (TPSA) is 55.1 Å². The fourth-order valence-corrected chi connectivity index (χ4v) is 2.76. The van der Waals surface area contributed by atoms with Gasteiger partial charge in [-0.1, -0.05) is 13.3 Å². The third-order valence-corrected chi connectivity index (χ3v) is 3.65. The number of nitrogens with two attached hydrogens (primary N) is 1. The van der Waals surface area contributed by atoms with Crippen molar-refractivity contribution in [1.29, 1.82) is 0 Å². The van der Waals surface area contributed by atoms with E-state index in [4.69, 9.17) is 5.73 Å². The molecular weight excluding hydrogens is 268 g/mol. The van der Waals surface area contributed by atoms with Crippen molar-refractivity contribution in [2.24, 2.45) is 5.73 Å². The lowest BCUT2D eigenvalue weighted by Gasteiger charge is -2.16. The minimum atomic E-state index is -0.368. The van der Waals surface area contributed by atoms with E-state index in [1.807, 2.05) is 13.8 Å². The van der Waals surface area contributed by atoms with E-state index in [9.17, 15) is 4.79 Å². The Morgan fingerprint density at radius 2 is 2.17 bits per heavy atom. The first-order valence-corrected chi connectivity index (χ1v) is 6.95. The van der Waals surface area contributed by atoms with Crippen LogP contribution in [0.2, 0.25) is 0 Å². The number of aryl methyl sites for hydroxylation is 1. The summed E-state index contributed by atoms with van der Waals surface area (Å²) in [4.78, 5) is 14.3. The van der Waals surface area contributed by atoms with Crippen LogP contribution in [0, 0.1) is 6.92 Å². The van der Waals surface area contributed by atoms with Crippen LogP contribution in [0.1, 0.15) is 36.4 Å². The van der Waals surface area contributed by atoms with Gasteiger partial charge in [-0.2, -0.15) is 0 Å². The Morgan fingerprint density at radius 1 is 1.50 bits per heavy atom. The van der Waals surface area contributed by atoms with Gasteiger partial charge in [0, 0.05) is 22.2 Å². The molecule has 5 heteroatoms. The quantitative estimate of drug-likeness (QED) is 0.846. The monoisotopic (exact) mass is 290 g/mol. The number of amides is 1. The molecule has 18 heavy (non-hydrogen) atoms. The van der Waals surface area contributed by atoms with E-state index in [1.165, 1.54) is 9.75 Å². The van der Waals surface area contributed by atoms with Crippen molar-refractivity contribution in [2.45, 2.75) is 52.1 Å². The maximum atomic E-state index is 11.7. The standard InChI is InChI=1S/C13H22N2OS.ClH/c1-4-5-12(14)13(16)15-9(2)8-11-7-6-10(3)17-11;/h6-7,9,12H,4-5,8,14H2,1-3H3,(H,15,16);1H. The first-order chi connectivity index (χ1) is 8.02. The number of carbonyl (C=O) groups is 1. The number of thiophene rings is 1. The van der Waals surface area contributed by atoms with Crippen molar-refractivity contribution in [3.05, 3.63) is 21.9 Å². The summed E-state index contributed by atoms with van der Waals surface area (Å²) in [5, 5.41) is 2.96. The number of carbonyl (C=O) groups excluding carboxylic acids is 1. The maximum Gasteiger partial charge on any atom is 0.237 e. The highest BCUT2D eigenvalue weighted by Crippen LogP contribution is 2.16. The van der Waals surface area contributed by atoms with Crippen LogP contribution < -0.4 is 11.1 Å². The molecule has 1 aromatic rings. The molecule has 2 unspecified atom stereocenters. The van der Waals surface area contributed by atoms with E-state index in [-0.39, 0.29) is 30.4 Å². The Kier molecular flexibility index (Phi) is 8.24. The molecule has 1 amide bonds. The second-order valence-electron chi connectivity index (χ2n) is 4.52. The van der Waals surface area contributed by atoms with Gasteiger partial charge in [0.25, 0.3) is 0 Å². The summed E-state index contributed by atoms with van der Waals surface area (Å²) in [6, 6.07) is 4.00. The van der Waals surface area contributed by atoms with Crippen molar-refractivity contribution in [2.75, 3.05) is 0 Å². The van der Waals surface area contributed by atoms with E-state index >= 15 is 0 Å². The Bertz CT molecular complexity index is 368. The van der Waals surface area contributed by atoms with E-state index in [0.717, 1.165) is 19.3 Å². The zero-order chi connectivity index (χ0) is 12.8. The van der Waals surface area contributed by atoms with Gasteiger partial charge in [-0.3, -0.25) is 4.79 Å². The van der Waals surface area contributed by atoms with Gasteiger partial charge in [-0.15, -0.1) is 23.7 Å². The van der Waals surface area contributed by atoms with Gasteiger partial charge in [0.1, 0.15) is 0 Å². The molecule has 1 rings (SSSR count). The van der Waals surface area contributed by atoms with E-state index in [2.05, 4.69) is 24.4 Å². The van der Waals surface area contributed by atoms with Crippen LogP contribution in [0.5, 0.6) is 0 Å². The molecular formula is C13H23ClN2OS. The van der Waals surface area contributed by atoms with E-state index < -0.39 is 0 Å². The molecule has 1 heterocycles. The van der Waals surface area contributed by atoms with Crippen LogP contribution >= 0.6 is 23.7 Å². The smallest absolute Gasteiger partial charge is 0.237 e. The molecule has 3 N–H and O–H groups in total. The molecule has 0 bridgehead atoms. The number of hydrogen-bond donors (Lipinski definition) is 2. The van der Waals surface area contributed by atoms with Crippen molar-refractivity contribution in [3.63, 3.8) is 0 Å². The Morgan fingerprint density at radius 3 is 2.67 bits per heavy atom. The van der Waals surface area contributed by atoms with Gasteiger partial charge in [0.2, 0.25) is 5.91 Å². The maximum absolute atomic E-state index is 11.7. The van der Waals surface area contributed by atoms with Gasteiger partial charge in [0.15, 0.2) is 0 Å². The fourth-order valence-electron chi connectivity index (χ4n) is 1.74. The van der Waals surface area contributed by atoms with Crippen LogP contribution in [0.25, 0.3) is 0 Å². The normalized spacial score (nSPS) is 13.6. The summed E-state index contributed by atoms with van der Waals surface area (Å²) in [7, 11) is 0. The lowest BCUT2D eigenvalue weighted by molar-refractivity contribution is -0.123. The zero-order valence-electron chi connectivity index (χ0n) is 11.2. The van der Waals surface area contributed by atoms with Crippen molar-refractivity contribution in [1.82, 2.24) is 5.32 Å². The molecule has 1 aromatic heterocycles. The molecule has 0 fully saturated rings. The molecule has 3 nitrogen and oxygen atoms in total. The van der Waals surface area contributed by atoms with Crippen LogP contribution in [0.3, 0.4) is 0 Å². The number of hydrogen-bond acceptors (Lipinski definition) is 3. The Balaban J connectivity index is 0.00000289. The minimum absolute atomic E-state index is 0. The summed E-state index contributed by atoms with van der Waals surface area (Å²) < 4.78 is 0. The highest BCUT2D eigenvalue weighted by atomic mass is 35.5. The Hall–Kier alpha value is -0.580. The molecule has 0 spiro atoms. The number of rotatable bonds is 6. The molecule has 2 atom stereocenters. The second-order valence-corrected chi connectivity index (χ2v) is 5.89. The van der Waals surface area contributed by atoms with E-state index in [1.54, 1.807) is 11.3 Å². The second kappa shape index (κ2) is 8.51. The molecule has 0 saturated carbocycles. The lowest BCUT2D eigenvalue weighted by atomic mass is 10.1. The third kappa shape index (κ3) is 5.85. The minimum Gasteiger partial charge on any atom is -0.352 e. The van der Waals surface area contributed by atoms with Gasteiger partial charge < -0.3 is 11.1 Å². The first kappa shape index (κ1) is 17.4.